The third kappa shape index (κ3) is 2.05. The fourth-order valence-corrected chi connectivity index (χ4v) is 3.84. The van der Waals surface area contributed by atoms with Gasteiger partial charge in [0.2, 0.25) is 5.91 Å². The fraction of sp³-hybridized carbons (Fsp3) is 0.471. The van der Waals surface area contributed by atoms with Gasteiger partial charge in [0, 0.05) is 23.1 Å². The van der Waals surface area contributed by atoms with Crippen LogP contribution >= 0.6 is 0 Å². The first-order valence-electron chi connectivity index (χ1n) is 7.79. The van der Waals surface area contributed by atoms with E-state index in [1.165, 1.54) is 10.9 Å². The number of nitrogens with zero attached hydrogens (tertiary/aromatic N) is 1. The topological polar surface area (TPSA) is 56.3 Å². The first-order valence-corrected chi connectivity index (χ1v) is 7.79. The normalized spacial score (nSPS) is 25.3. The van der Waals surface area contributed by atoms with E-state index < -0.39 is 6.10 Å². The molecular weight excluding hydrogens is 264 g/mol. The zero-order valence-corrected chi connectivity index (χ0v) is 12.0. The molecule has 0 bridgehead atoms. The number of para-hydroxylation sites is 1. The summed E-state index contributed by atoms with van der Waals surface area (Å²) >= 11 is 0. The molecule has 2 aliphatic rings. The van der Waals surface area contributed by atoms with Crippen LogP contribution in [0.3, 0.4) is 0 Å². The second-order valence-electron chi connectivity index (χ2n) is 6.24. The Morgan fingerprint density at radius 3 is 2.95 bits per heavy atom. The lowest BCUT2D eigenvalue weighted by Gasteiger charge is -2.30. The Hall–Kier alpha value is -1.81. The minimum Gasteiger partial charge on any atom is -0.392 e. The summed E-state index contributed by atoms with van der Waals surface area (Å²) in [6.07, 6.45) is 3.01. The number of hydrogen-bond donors (Lipinski definition) is 2. The predicted octanol–water partition coefficient (Wildman–Crippen LogP) is 2.21. The molecule has 2 N–H and O–H groups in total. The van der Waals surface area contributed by atoms with E-state index in [2.05, 4.69) is 23.2 Å². The largest absolute Gasteiger partial charge is 0.392 e. The van der Waals surface area contributed by atoms with Crippen molar-refractivity contribution in [2.75, 3.05) is 6.54 Å². The lowest BCUT2D eigenvalue weighted by atomic mass is 9.99. The predicted molar refractivity (Wildman–Crippen MR) is 80.8 cm³/mol. The van der Waals surface area contributed by atoms with Gasteiger partial charge in [-0.1, -0.05) is 18.2 Å². The average Bonchev–Trinajstić information content (AvgIpc) is 3.09. The molecule has 21 heavy (non-hydrogen) atoms. The van der Waals surface area contributed by atoms with Gasteiger partial charge in [0.05, 0.1) is 18.6 Å². The van der Waals surface area contributed by atoms with Crippen LogP contribution in [0, 0.1) is 5.92 Å². The number of rotatable bonds is 1. The highest BCUT2D eigenvalue weighted by Crippen LogP contribution is 2.31. The maximum Gasteiger partial charge on any atom is 0.228 e. The van der Waals surface area contributed by atoms with Gasteiger partial charge in [0.1, 0.15) is 0 Å². The minimum atomic E-state index is -0.443. The molecule has 4 nitrogen and oxygen atoms in total. The molecule has 0 saturated heterocycles. The van der Waals surface area contributed by atoms with Gasteiger partial charge in [-0.3, -0.25) is 4.79 Å². The molecular formula is C17H20N2O2. The zero-order chi connectivity index (χ0) is 14.4. The van der Waals surface area contributed by atoms with E-state index in [1.807, 2.05) is 11.0 Å². The quantitative estimate of drug-likeness (QED) is 0.843. The SMILES string of the molecule is O=C(C1CCCC1O)N1CCc2c([nH]c3ccccc23)C1. The Morgan fingerprint density at radius 2 is 2.14 bits per heavy atom. The summed E-state index contributed by atoms with van der Waals surface area (Å²) in [5, 5.41) is 11.2. The number of benzene rings is 1. The van der Waals surface area contributed by atoms with Crippen LogP contribution in [0.15, 0.2) is 24.3 Å². The number of hydrogen-bond acceptors (Lipinski definition) is 2. The van der Waals surface area contributed by atoms with Gasteiger partial charge in [-0.25, -0.2) is 0 Å². The second-order valence-corrected chi connectivity index (χ2v) is 6.24. The maximum atomic E-state index is 12.6. The van der Waals surface area contributed by atoms with Crippen molar-refractivity contribution < 1.29 is 9.90 Å². The zero-order valence-electron chi connectivity index (χ0n) is 12.0. The third-order valence-corrected chi connectivity index (χ3v) is 4.99. The van der Waals surface area contributed by atoms with E-state index in [0.29, 0.717) is 6.54 Å². The van der Waals surface area contributed by atoms with Gasteiger partial charge in [0.15, 0.2) is 0 Å². The molecule has 2 unspecified atom stereocenters. The van der Waals surface area contributed by atoms with Gasteiger partial charge in [-0.05, 0) is 37.3 Å². The van der Waals surface area contributed by atoms with Gasteiger partial charge < -0.3 is 15.0 Å². The summed E-state index contributed by atoms with van der Waals surface area (Å²) in [6.45, 7) is 1.41. The highest BCUT2D eigenvalue weighted by atomic mass is 16.3. The van der Waals surface area contributed by atoms with Crippen molar-refractivity contribution in [2.24, 2.45) is 5.92 Å². The van der Waals surface area contributed by atoms with Gasteiger partial charge >= 0.3 is 0 Å². The van der Waals surface area contributed by atoms with E-state index in [1.54, 1.807) is 0 Å². The van der Waals surface area contributed by atoms with Crippen molar-refractivity contribution in [1.82, 2.24) is 9.88 Å². The van der Waals surface area contributed by atoms with E-state index in [0.717, 1.165) is 43.4 Å². The summed E-state index contributed by atoms with van der Waals surface area (Å²) in [7, 11) is 0. The number of amides is 1. The van der Waals surface area contributed by atoms with Crippen molar-refractivity contribution in [3.05, 3.63) is 35.5 Å². The van der Waals surface area contributed by atoms with Crippen molar-refractivity contribution in [3.63, 3.8) is 0 Å². The summed E-state index contributed by atoms with van der Waals surface area (Å²) in [6, 6.07) is 8.31. The summed E-state index contributed by atoms with van der Waals surface area (Å²) in [4.78, 5) is 17.9. The van der Waals surface area contributed by atoms with Crippen LogP contribution in [0.1, 0.15) is 30.5 Å². The molecule has 1 aliphatic heterocycles. The molecule has 4 rings (SSSR count). The molecule has 1 amide bonds. The third-order valence-electron chi connectivity index (χ3n) is 4.99. The highest BCUT2D eigenvalue weighted by Gasteiger charge is 2.35. The number of nitrogens with one attached hydrogen (secondary N) is 1. The first-order chi connectivity index (χ1) is 10.2. The number of carbonyl (C=O) groups is 1. The van der Waals surface area contributed by atoms with Gasteiger partial charge in [-0.2, -0.15) is 0 Å². The van der Waals surface area contributed by atoms with Crippen LogP contribution in [0.5, 0.6) is 0 Å². The summed E-state index contributed by atoms with van der Waals surface area (Å²) < 4.78 is 0. The summed E-state index contributed by atoms with van der Waals surface area (Å²) in [5.74, 6) is -0.0553. The number of aliphatic hydroxyl groups is 1. The molecule has 1 fully saturated rings. The number of aliphatic hydroxyl groups excluding tert-OH is 1. The van der Waals surface area contributed by atoms with Crippen LogP contribution in [0.4, 0.5) is 0 Å². The van der Waals surface area contributed by atoms with Crippen LogP contribution in [0.2, 0.25) is 0 Å². The second kappa shape index (κ2) is 4.88. The van der Waals surface area contributed by atoms with Crippen molar-refractivity contribution >= 4 is 16.8 Å². The van der Waals surface area contributed by atoms with Crippen LogP contribution in [-0.4, -0.2) is 33.5 Å². The smallest absolute Gasteiger partial charge is 0.228 e. The Bertz CT molecular complexity index is 691. The van der Waals surface area contributed by atoms with E-state index in [-0.39, 0.29) is 11.8 Å². The van der Waals surface area contributed by atoms with E-state index in [4.69, 9.17) is 0 Å². The maximum absolute atomic E-state index is 12.6. The number of aromatic nitrogens is 1. The molecule has 0 radical (unpaired) electrons. The number of fused-ring (bicyclic) bond motifs is 3. The Kier molecular flexibility index (Phi) is 3.00. The highest BCUT2D eigenvalue weighted by molar-refractivity contribution is 5.86. The average molecular weight is 284 g/mol. The molecule has 4 heteroatoms. The molecule has 1 aromatic carbocycles. The molecule has 2 heterocycles. The molecule has 2 atom stereocenters. The van der Waals surface area contributed by atoms with E-state index >= 15 is 0 Å². The van der Waals surface area contributed by atoms with Crippen molar-refractivity contribution in [2.45, 2.75) is 38.3 Å². The van der Waals surface area contributed by atoms with Crippen LogP contribution < -0.4 is 0 Å². The molecule has 2 aromatic rings. The molecule has 1 aliphatic carbocycles. The van der Waals surface area contributed by atoms with Crippen LogP contribution in [-0.2, 0) is 17.8 Å². The Balaban J connectivity index is 1.60. The lowest BCUT2D eigenvalue weighted by Crippen LogP contribution is -2.41. The lowest BCUT2D eigenvalue weighted by molar-refractivity contribution is -0.139. The standard InChI is InChI=1S/C17H20N2O2/c20-16-7-3-5-13(16)17(21)19-9-8-12-11-4-1-2-6-14(11)18-15(12)10-19/h1-2,4,6,13,16,18,20H,3,5,7-10H2. The number of H-pyrrole nitrogens is 1. The van der Waals surface area contributed by atoms with E-state index in [9.17, 15) is 9.90 Å². The first kappa shape index (κ1) is 12.9. The van der Waals surface area contributed by atoms with Crippen molar-refractivity contribution in [3.8, 4) is 0 Å². The van der Waals surface area contributed by atoms with Gasteiger partial charge in [0.25, 0.3) is 0 Å². The monoisotopic (exact) mass is 284 g/mol. The molecule has 110 valence electrons. The Labute approximate surface area is 123 Å². The van der Waals surface area contributed by atoms with Crippen molar-refractivity contribution in [1.29, 1.82) is 0 Å². The molecule has 1 aromatic heterocycles. The van der Waals surface area contributed by atoms with Crippen LogP contribution in [0.25, 0.3) is 10.9 Å². The van der Waals surface area contributed by atoms with Gasteiger partial charge in [-0.15, -0.1) is 0 Å². The number of aromatic amines is 1. The molecule has 1 saturated carbocycles. The minimum absolute atomic E-state index is 0.129. The summed E-state index contributed by atoms with van der Waals surface area (Å²) in [5.41, 5.74) is 3.66. The fourth-order valence-electron chi connectivity index (χ4n) is 3.84. The number of carbonyl (C=O) groups excluding carboxylic acids is 1. The molecule has 0 spiro atoms. The Morgan fingerprint density at radius 1 is 1.29 bits per heavy atom.